The van der Waals surface area contributed by atoms with Gasteiger partial charge in [0.2, 0.25) is 10.0 Å². The van der Waals surface area contributed by atoms with Gasteiger partial charge in [0.05, 0.1) is 11.9 Å². The van der Waals surface area contributed by atoms with E-state index in [0.717, 1.165) is 21.7 Å². The number of hydrogen-bond donors (Lipinski definition) is 1. The highest BCUT2D eigenvalue weighted by atomic mass is 32.2. The van der Waals surface area contributed by atoms with Crippen LogP contribution in [0.3, 0.4) is 0 Å². The summed E-state index contributed by atoms with van der Waals surface area (Å²) in [6.45, 7) is 5.55. The molecular weight excluding hydrogens is 352 g/mol. The van der Waals surface area contributed by atoms with Crippen LogP contribution in [0.4, 0.5) is 11.4 Å². The molecule has 26 heavy (non-hydrogen) atoms. The Morgan fingerprint density at radius 1 is 1.15 bits per heavy atom. The normalized spacial score (nSPS) is 12.3. The van der Waals surface area contributed by atoms with Crippen molar-refractivity contribution in [2.45, 2.75) is 26.9 Å². The summed E-state index contributed by atoms with van der Waals surface area (Å²) in [6, 6.07) is 12.5. The molecule has 0 heterocycles. The number of ether oxygens (including phenoxy) is 1. The number of nitrogens with zero attached hydrogens (tertiary/aromatic N) is 1. The summed E-state index contributed by atoms with van der Waals surface area (Å²) in [6.07, 6.45) is 0.421. The van der Waals surface area contributed by atoms with Crippen molar-refractivity contribution >= 4 is 27.3 Å². The van der Waals surface area contributed by atoms with Crippen LogP contribution in [0.2, 0.25) is 0 Å². The maximum atomic E-state index is 12.4. The first kappa shape index (κ1) is 19.8. The Balaban J connectivity index is 2.11. The molecule has 2 rings (SSSR count). The standard InChI is InChI=1S/C19H24N2O4S/c1-13-9-10-14(2)18(11-13)25-15(3)19(22)20-16-7-6-8-17(12-16)21(4)26(5,23)24/h6-12,15H,1-5H3,(H,20,22)/t15-/m0/s1. The lowest BCUT2D eigenvalue weighted by Gasteiger charge is -2.19. The van der Waals surface area contributed by atoms with Crippen molar-refractivity contribution < 1.29 is 17.9 Å². The van der Waals surface area contributed by atoms with Gasteiger partial charge in [-0.1, -0.05) is 18.2 Å². The maximum absolute atomic E-state index is 12.4. The van der Waals surface area contributed by atoms with Gasteiger partial charge in [0.1, 0.15) is 5.75 Å². The van der Waals surface area contributed by atoms with E-state index in [9.17, 15) is 13.2 Å². The summed E-state index contributed by atoms with van der Waals surface area (Å²) >= 11 is 0. The molecule has 7 heteroatoms. The minimum absolute atomic E-state index is 0.315. The molecular formula is C19H24N2O4S. The van der Waals surface area contributed by atoms with Crippen LogP contribution in [0.5, 0.6) is 5.75 Å². The predicted octanol–water partition coefficient (Wildman–Crippen LogP) is 3.11. The van der Waals surface area contributed by atoms with E-state index in [4.69, 9.17) is 4.74 Å². The first-order valence-corrected chi connectivity index (χ1v) is 10.0. The van der Waals surface area contributed by atoms with Crippen LogP contribution in [0.25, 0.3) is 0 Å². The van der Waals surface area contributed by atoms with Crippen molar-refractivity contribution in [2.75, 3.05) is 22.9 Å². The zero-order chi connectivity index (χ0) is 19.5. The minimum atomic E-state index is -3.37. The molecule has 0 saturated carbocycles. The summed E-state index contributed by atoms with van der Waals surface area (Å²) in [5.74, 6) is 0.350. The molecule has 0 aliphatic carbocycles. The molecule has 2 aromatic carbocycles. The number of carbonyl (C=O) groups is 1. The highest BCUT2D eigenvalue weighted by molar-refractivity contribution is 7.92. The molecule has 0 fully saturated rings. The molecule has 0 saturated heterocycles. The SMILES string of the molecule is Cc1ccc(C)c(O[C@@H](C)C(=O)Nc2cccc(N(C)S(C)(=O)=O)c2)c1. The van der Waals surface area contributed by atoms with E-state index in [0.29, 0.717) is 17.1 Å². The second kappa shape index (κ2) is 7.78. The van der Waals surface area contributed by atoms with Gasteiger partial charge in [-0.05, 0) is 56.2 Å². The molecule has 0 bridgehead atoms. The Morgan fingerprint density at radius 3 is 2.50 bits per heavy atom. The average molecular weight is 376 g/mol. The van der Waals surface area contributed by atoms with Crippen LogP contribution < -0.4 is 14.4 Å². The fourth-order valence-electron chi connectivity index (χ4n) is 2.29. The van der Waals surface area contributed by atoms with Gasteiger partial charge in [-0.15, -0.1) is 0 Å². The second-order valence-corrected chi connectivity index (χ2v) is 8.31. The van der Waals surface area contributed by atoms with Crippen LogP contribution in [0.1, 0.15) is 18.1 Å². The Labute approximate surface area is 154 Å². The third kappa shape index (κ3) is 4.98. The lowest BCUT2D eigenvalue weighted by molar-refractivity contribution is -0.122. The molecule has 0 unspecified atom stereocenters. The van der Waals surface area contributed by atoms with Gasteiger partial charge in [-0.25, -0.2) is 8.42 Å². The zero-order valence-corrected chi connectivity index (χ0v) is 16.4. The number of rotatable bonds is 6. The van der Waals surface area contributed by atoms with Gasteiger partial charge < -0.3 is 10.1 Å². The highest BCUT2D eigenvalue weighted by Crippen LogP contribution is 2.22. The molecule has 1 amide bonds. The molecule has 140 valence electrons. The van der Waals surface area contributed by atoms with Crippen molar-refractivity contribution in [3.63, 3.8) is 0 Å². The number of hydrogen-bond acceptors (Lipinski definition) is 4. The first-order valence-electron chi connectivity index (χ1n) is 8.16. The van der Waals surface area contributed by atoms with Crippen molar-refractivity contribution in [2.24, 2.45) is 0 Å². The van der Waals surface area contributed by atoms with Crippen molar-refractivity contribution in [1.29, 1.82) is 0 Å². The van der Waals surface area contributed by atoms with Crippen LogP contribution in [-0.4, -0.2) is 33.7 Å². The van der Waals surface area contributed by atoms with Gasteiger partial charge in [0.15, 0.2) is 6.10 Å². The zero-order valence-electron chi connectivity index (χ0n) is 15.6. The number of carbonyl (C=O) groups excluding carboxylic acids is 1. The number of benzene rings is 2. The van der Waals surface area contributed by atoms with Crippen LogP contribution in [-0.2, 0) is 14.8 Å². The molecule has 0 radical (unpaired) electrons. The van der Waals surface area contributed by atoms with E-state index in [1.165, 1.54) is 7.05 Å². The Kier molecular flexibility index (Phi) is 5.92. The van der Waals surface area contributed by atoms with E-state index in [1.807, 2.05) is 32.0 Å². The molecule has 1 atom stereocenters. The topological polar surface area (TPSA) is 75.7 Å². The van der Waals surface area contributed by atoms with E-state index in [1.54, 1.807) is 31.2 Å². The molecule has 0 aliphatic heterocycles. The van der Waals surface area contributed by atoms with Crippen LogP contribution in [0.15, 0.2) is 42.5 Å². The van der Waals surface area contributed by atoms with Gasteiger partial charge in [-0.3, -0.25) is 9.10 Å². The van der Waals surface area contributed by atoms with E-state index in [-0.39, 0.29) is 5.91 Å². The van der Waals surface area contributed by atoms with Gasteiger partial charge in [0.25, 0.3) is 5.91 Å². The van der Waals surface area contributed by atoms with Crippen molar-refractivity contribution in [3.8, 4) is 5.75 Å². The summed E-state index contributed by atoms with van der Waals surface area (Å²) in [5, 5.41) is 2.76. The number of aryl methyl sites for hydroxylation is 2. The molecule has 0 spiro atoms. The number of sulfonamides is 1. The van der Waals surface area contributed by atoms with Crippen LogP contribution in [0, 0.1) is 13.8 Å². The minimum Gasteiger partial charge on any atom is -0.481 e. The molecule has 1 N–H and O–H groups in total. The smallest absolute Gasteiger partial charge is 0.265 e. The first-order chi connectivity index (χ1) is 12.1. The predicted molar refractivity (Wildman–Crippen MR) is 104 cm³/mol. The molecule has 0 aliphatic rings. The average Bonchev–Trinajstić information content (AvgIpc) is 2.56. The third-order valence-corrected chi connectivity index (χ3v) is 5.20. The molecule has 2 aromatic rings. The van der Waals surface area contributed by atoms with E-state index < -0.39 is 16.1 Å². The number of anilines is 2. The lowest BCUT2D eigenvalue weighted by Crippen LogP contribution is -2.30. The summed E-state index contributed by atoms with van der Waals surface area (Å²) in [5.41, 5.74) is 2.97. The number of nitrogens with one attached hydrogen (secondary N) is 1. The molecule has 6 nitrogen and oxygen atoms in total. The quantitative estimate of drug-likeness (QED) is 0.840. The van der Waals surface area contributed by atoms with Crippen LogP contribution >= 0.6 is 0 Å². The summed E-state index contributed by atoms with van der Waals surface area (Å²) in [7, 11) is -1.91. The largest absolute Gasteiger partial charge is 0.481 e. The summed E-state index contributed by atoms with van der Waals surface area (Å²) in [4.78, 5) is 12.4. The maximum Gasteiger partial charge on any atom is 0.265 e. The monoisotopic (exact) mass is 376 g/mol. The highest BCUT2D eigenvalue weighted by Gasteiger charge is 2.17. The van der Waals surface area contributed by atoms with Gasteiger partial charge in [-0.2, -0.15) is 0 Å². The summed E-state index contributed by atoms with van der Waals surface area (Å²) < 4.78 is 30.2. The van der Waals surface area contributed by atoms with Gasteiger partial charge >= 0.3 is 0 Å². The Hall–Kier alpha value is -2.54. The Morgan fingerprint density at radius 2 is 1.85 bits per heavy atom. The Bertz CT molecular complexity index is 910. The molecule has 0 aromatic heterocycles. The van der Waals surface area contributed by atoms with Crippen molar-refractivity contribution in [3.05, 3.63) is 53.6 Å². The third-order valence-electron chi connectivity index (χ3n) is 3.99. The van der Waals surface area contributed by atoms with Crippen molar-refractivity contribution in [1.82, 2.24) is 0 Å². The van der Waals surface area contributed by atoms with E-state index in [2.05, 4.69) is 5.32 Å². The fraction of sp³-hybridized carbons (Fsp3) is 0.316. The van der Waals surface area contributed by atoms with E-state index >= 15 is 0 Å². The number of amides is 1. The fourth-order valence-corrected chi connectivity index (χ4v) is 2.79. The second-order valence-electron chi connectivity index (χ2n) is 6.30. The van der Waals surface area contributed by atoms with Gasteiger partial charge in [0, 0.05) is 12.7 Å². The lowest BCUT2D eigenvalue weighted by atomic mass is 10.1.